The molecule has 14 heavy (non-hydrogen) atoms. The topological polar surface area (TPSA) is 60.4 Å². The molecule has 0 aromatic heterocycles. The zero-order chi connectivity index (χ0) is 10.1. The monoisotopic (exact) mass is 210 g/mol. The largest absolute Gasteiger partial charge is 1.00 e. The number of aliphatic hydroxyl groups excluding tert-OH is 1. The van der Waals surface area contributed by atoms with Crippen molar-refractivity contribution in [1.29, 1.82) is 0 Å². The molecule has 1 N–H and O–H groups in total. The van der Waals surface area contributed by atoms with Gasteiger partial charge in [-0.15, -0.1) is 0 Å². The van der Waals surface area contributed by atoms with Crippen molar-refractivity contribution in [2.45, 2.75) is 58.0 Å². The standard InChI is InChI=1S/C10H20O3.Na/c1-2-3-4-5-6-7-8-9(11)10(12)13;/h9,11H,2-8H2,1H3,(H,12,13);/q;+1/p-1/t9-;/m0./s1. The zero-order valence-corrected chi connectivity index (χ0v) is 11.3. The molecular formula is C10H19NaO3. The maximum atomic E-state index is 10.1. The quantitative estimate of drug-likeness (QED) is 0.367. The Balaban J connectivity index is 0. The molecule has 3 nitrogen and oxygen atoms in total. The molecule has 0 aliphatic heterocycles. The number of carbonyl (C=O) groups excluding carboxylic acids is 1. The normalized spacial score (nSPS) is 11.9. The summed E-state index contributed by atoms with van der Waals surface area (Å²) in [5.74, 6) is -1.35. The number of hydrogen-bond acceptors (Lipinski definition) is 3. The number of hydrogen-bond donors (Lipinski definition) is 1. The average molecular weight is 210 g/mol. The Labute approximate surface area is 108 Å². The molecule has 4 heteroatoms. The summed E-state index contributed by atoms with van der Waals surface area (Å²) < 4.78 is 0. The fraction of sp³-hybridized carbons (Fsp3) is 0.900. The molecule has 0 aromatic rings. The second-order valence-corrected chi connectivity index (χ2v) is 3.39. The van der Waals surface area contributed by atoms with Crippen LogP contribution >= 0.6 is 0 Å². The van der Waals surface area contributed by atoms with Gasteiger partial charge in [-0.2, -0.15) is 0 Å². The summed E-state index contributed by atoms with van der Waals surface area (Å²) in [5.41, 5.74) is 0. The molecule has 0 bridgehead atoms. The van der Waals surface area contributed by atoms with Gasteiger partial charge in [-0.25, -0.2) is 0 Å². The summed E-state index contributed by atoms with van der Waals surface area (Å²) in [7, 11) is 0. The van der Waals surface area contributed by atoms with E-state index in [4.69, 9.17) is 5.11 Å². The minimum absolute atomic E-state index is 0. The second-order valence-electron chi connectivity index (χ2n) is 3.39. The van der Waals surface area contributed by atoms with Crippen LogP contribution < -0.4 is 34.7 Å². The minimum Gasteiger partial charge on any atom is -0.547 e. The fourth-order valence-electron chi connectivity index (χ4n) is 1.24. The van der Waals surface area contributed by atoms with Gasteiger partial charge in [-0.1, -0.05) is 45.4 Å². The van der Waals surface area contributed by atoms with Crippen molar-refractivity contribution in [3.63, 3.8) is 0 Å². The molecule has 0 aromatic carbocycles. The maximum absolute atomic E-state index is 10.1. The van der Waals surface area contributed by atoms with Gasteiger partial charge in [-0.3, -0.25) is 0 Å². The van der Waals surface area contributed by atoms with Gasteiger partial charge in [0.2, 0.25) is 0 Å². The molecule has 0 aliphatic rings. The van der Waals surface area contributed by atoms with Crippen LogP contribution in [0.4, 0.5) is 0 Å². The van der Waals surface area contributed by atoms with Crippen molar-refractivity contribution in [1.82, 2.24) is 0 Å². The summed E-state index contributed by atoms with van der Waals surface area (Å²) in [5, 5.41) is 19.0. The van der Waals surface area contributed by atoms with Crippen LogP contribution in [0, 0.1) is 0 Å². The van der Waals surface area contributed by atoms with E-state index in [0.717, 1.165) is 19.3 Å². The Morgan fingerprint density at radius 3 is 2.21 bits per heavy atom. The van der Waals surface area contributed by atoms with E-state index in [1.165, 1.54) is 19.3 Å². The molecule has 0 radical (unpaired) electrons. The predicted molar refractivity (Wildman–Crippen MR) is 49.0 cm³/mol. The van der Waals surface area contributed by atoms with E-state index >= 15 is 0 Å². The van der Waals surface area contributed by atoms with Crippen LogP contribution in [-0.4, -0.2) is 17.2 Å². The smallest absolute Gasteiger partial charge is 0.547 e. The van der Waals surface area contributed by atoms with Crippen LogP contribution in [0.5, 0.6) is 0 Å². The van der Waals surface area contributed by atoms with Gasteiger partial charge in [0.1, 0.15) is 0 Å². The first kappa shape index (κ1) is 16.8. The summed E-state index contributed by atoms with van der Waals surface area (Å²) in [6.07, 6.45) is 5.62. The van der Waals surface area contributed by atoms with E-state index in [-0.39, 0.29) is 29.6 Å². The van der Waals surface area contributed by atoms with Crippen LogP contribution in [-0.2, 0) is 4.79 Å². The van der Waals surface area contributed by atoms with E-state index in [1.54, 1.807) is 0 Å². The number of unbranched alkanes of at least 4 members (excludes halogenated alkanes) is 5. The zero-order valence-electron chi connectivity index (χ0n) is 9.29. The molecule has 0 saturated carbocycles. The third-order valence-electron chi connectivity index (χ3n) is 2.10. The van der Waals surface area contributed by atoms with Crippen LogP contribution in [0.1, 0.15) is 51.9 Å². The predicted octanol–water partition coefficient (Wildman–Crippen LogP) is -2.15. The van der Waals surface area contributed by atoms with Gasteiger partial charge >= 0.3 is 29.6 Å². The Kier molecular flexibility index (Phi) is 13.8. The summed E-state index contributed by atoms with van der Waals surface area (Å²) in [6, 6.07) is 0. The first-order valence-corrected chi connectivity index (χ1v) is 5.07. The van der Waals surface area contributed by atoms with E-state index in [9.17, 15) is 9.90 Å². The van der Waals surface area contributed by atoms with Crippen LogP contribution in [0.3, 0.4) is 0 Å². The summed E-state index contributed by atoms with van der Waals surface area (Å²) in [6.45, 7) is 2.15. The summed E-state index contributed by atoms with van der Waals surface area (Å²) in [4.78, 5) is 10.1. The fourth-order valence-corrected chi connectivity index (χ4v) is 1.24. The molecule has 0 fully saturated rings. The van der Waals surface area contributed by atoms with E-state index in [2.05, 4.69) is 6.92 Å². The molecular weight excluding hydrogens is 191 g/mol. The van der Waals surface area contributed by atoms with E-state index in [1.807, 2.05) is 0 Å². The Morgan fingerprint density at radius 1 is 1.21 bits per heavy atom. The molecule has 0 saturated heterocycles. The second kappa shape index (κ2) is 11.5. The molecule has 0 aliphatic carbocycles. The number of aliphatic carboxylic acids is 1. The van der Waals surface area contributed by atoms with Crippen LogP contribution in [0.25, 0.3) is 0 Å². The average Bonchev–Trinajstić information content (AvgIpc) is 2.10. The van der Waals surface area contributed by atoms with Gasteiger partial charge < -0.3 is 15.0 Å². The molecule has 0 spiro atoms. The van der Waals surface area contributed by atoms with Crippen molar-refractivity contribution in [2.75, 3.05) is 0 Å². The number of carboxylic acid groups (broad SMARTS) is 1. The van der Waals surface area contributed by atoms with E-state index < -0.39 is 12.1 Å². The Morgan fingerprint density at radius 2 is 1.71 bits per heavy atom. The molecule has 0 unspecified atom stereocenters. The molecule has 0 amide bonds. The van der Waals surface area contributed by atoms with Gasteiger partial charge in [0, 0.05) is 0 Å². The van der Waals surface area contributed by atoms with Crippen molar-refractivity contribution in [2.24, 2.45) is 0 Å². The third-order valence-corrected chi connectivity index (χ3v) is 2.10. The number of carboxylic acids is 1. The van der Waals surface area contributed by atoms with Gasteiger partial charge in [0.05, 0.1) is 12.1 Å². The van der Waals surface area contributed by atoms with Gasteiger partial charge in [0.15, 0.2) is 0 Å². The maximum Gasteiger partial charge on any atom is 1.00 e. The van der Waals surface area contributed by atoms with Crippen molar-refractivity contribution < 1.29 is 44.6 Å². The number of carbonyl (C=O) groups is 1. The van der Waals surface area contributed by atoms with Gasteiger partial charge in [0.25, 0.3) is 0 Å². The molecule has 78 valence electrons. The molecule has 1 atom stereocenters. The van der Waals surface area contributed by atoms with Crippen molar-refractivity contribution >= 4 is 5.97 Å². The summed E-state index contributed by atoms with van der Waals surface area (Å²) >= 11 is 0. The van der Waals surface area contributed by atoms with Crippen LogP contribution in [0.15, 0.2) is 0 Å². The first-order valence-electron chi connectivity index (χ1n) is 5.07. The SMILES string of the molecule is CCCCCCCC[C@H](O)C(=O)[O-].[Na+]. The first-order chi connectivity index (χ1) is 6.18. The minimum atomic E-state index is -1.35. The molecule has 0 rings (SSSR count). The number of rotatable bonds is 8. The van der Waals surface area contributed by atoms with E-state index in [0.29, 0.717) is 6.42 Å². The van der Waals surface area contributed by atoms with Gasteiger partial charge in [-0.05, 0) is 6.42 Å². The third kappa shape index (κ3) is 10.5. The number of aliphatic hydroxyl groups is 1. The molecule has 0 heterocycles. The Hall–Kier alpha value is 0.430. The van der Waals surface area contributed by atoms with Crippen molar-refractivity contribution in [3.05, 3.63) is 0 Å². The Bertz CT molecular complexity index is 139. The van der Waals surface area contributed by atoms with Crippen molar-refractivity contribution in [3.8, 4) is 0 Å². The van der Waals surface area contributed by atoms with Crippen LogP contribution in [0.2, 0.25) is 0 Å².